The van der Waals surface area contributed by atoms with E-state index in [1.54, 1.807) is 23.3 Å². The number of amides is 1. The van der Waals surface area contributed by atoms with Gasteiger partial charge >= 0.3 is 6.09 Å². The number of carbonyl (C=O) groups excluding carboxylic acids is 1. The van der Waals surface area contributed by atoms with E-state index in [-0.39, 0.29) is 18.2 Å². The van der Waals surface area contributed by atoms with Gasteiger partial charge in [-0.05, 0) is 19.2 Å². The van der Waals surface area contributed by atoms with Gasteiger partial charge in [0.15, 0.2) is 10.7 Å². The maximum Gasteiger partial charge on any atom is 0.409 e. The van der Waals surface area contributed by atoms with Crippen LogP contribution in [0.15, 0.2) is 22.6 Å². The van der Waals surface area contributed by atoms with Gasteiger partial charge in [0, 0.05) is 25.6 Å². The second-order valence-corrected chi connectivity index (χ2v) is 8.55. The summed E-state index contributed by atoms with van der Waals surface area (Å²) in [6, 6.07) is 6.00. The molecule has 2 aromatic heterocycles. The number of fused-ring (bicyclic) bond motifs is 5. The summed E-state index contributed by atoms with van der Waals surface area (Å²) in [7, 11) is 4.92. The lowest BCUT2D eigenvalue weighted by Crippen LogP contribution is -2.59. The second kappa shape index (κ2) is 7.89. The molecule has 1 amide bonds. The summed E-state index contributed by atoms with van der Waals surface area (Å²) in [5.41, 5.74) is 2.51. The molecule has 1 aromatic carbocycles. The molecule has 0 spiro atoms. The summed E-state index contributed by atoms with van der Waals surface area (Å²) >= 11 is 1.60. The predicted molar refractivity (Wildman–Crippen MR) is 117 cm³/mol. The van der Waals surface area contributed by atoms with Crippen LogP contribution in [-0.2, 0) is 11.2 Å². The Morgan fingerprint density at radius 2 is 2.19 bits per heavy atom. The fourth-order valence-corrected chi connectivity index (χ4v) is 5.35. The summed E-state index contributed by atoms with van der Waals surface area (Å²) in [5, 5.41) is 7.22. The van der Waals surface area contributed by atoms with Crippen molar-refractivity contribution in [1.82, 2.24) is 20.2 Å². The maximum atomic E-state index is 12.3. The third-order valence-corrected chi connectivity index (χ3v) is 6.82. The Balaban J connectivity index is 1.54. The van der Waals surface area contributed by atoms with E-state index in [2.05, 4.69) is 15.5 Å². The molecule has 0 aliphatic carbocycles. The van der Waals surface area contributed by atoms with Crippen molar-refractivity contribution in [3.8, 4) is 5.75 Å². The quantitative estimate of drug-likeness (QED) is 0.574. The number of oxazole rings is 1. The zero-order valence-corrected chi connectivity index (χ0v) is 18.4. The highest BCUT2D eigenvalue weighted by Gasteiger charge is 2.46. The number of nitrogens with one attached hydrogen (secondary N) is 2. The number of carbonyl (C=O) groups is 1. The van der Waals surface area contributed by atoms with E-state index in [9.17, 15) is 4.79 Å². The number of methoxy groups -OCH3 is 2. The van der Waals surface area contributed by atoms with Gasteiger partial charge in [-0.15, -0.1) is 0 Å². The van der Waals surface area contributed by atoms with Gasteiger partial charge < -0.3 is 34.3 Å². The molecule has 0 saturated carbocycles. The Morgan fingerprint density at radius 3 is 2.97 bits per heavy atom. The Kier molecular flexibility index (Phi) is 5.06. The lowest BCUT2D eigenvalue weighted by Gasteiger charge is -2.47. The van der Waals surface area contributed by atoms with Crippen molar-refractivity contribution in [3.05, 3.63) is 28.8 Å². The summed E-state index contributed by atoms with van der Waals surface area (Å²) in [5.74, 6) is 0.730. The number of benzene rings is 1. The van der Waals surface area contributed by atoms with Crippen molar-refractivity contribution in [2.75, 3.05) is 51.2 Å². The molecule has 164 valence electrons. The van der Waals surface area contributed by atoms with Crippen LogP contribution in [0.25, 0.3) is 11.1 Å². The van der Waals surface area contributed by atoms with Crippen LogP contribution < -0.4 is 20.3 Å². The average molecular weight is 445 g/mol. The van der Waals surface area contributed by atoms with Crippen molar-refractivity contribution in [2.45, 2.75) is 18.5 Å². The minimum absolute atomic E-state index is 0.0143. The van der Waals surface area contributed by atoms with Crippen LogP contribution in [0.5, 0.6) is 5.75 Å². The third kappa shape index (κ3) is 3.43. The van der Waals surface area contributed by atoms with Crippen molar-refractivity contribution in [1.29, 1.82) is 0 Å². The number of hydrogen-bond acceptors (Lipinski definition) is 10. The van der Waals surface area contributed by atoms with E-state index in [0.717, 1.165) is 27.0 Å². The highest BCUT2D eigenvalue weighted by molar-refractivity contribution is 7.15. The van der Waals surface area contributed by atoms with E-state index in [1.165, 1.54) is 7.11 Å². The fraction of sp³-hybridized carbons (Fsp3) is 0.450. The van der Waals surface area contributed by atoms with Crippen molar-refractivity contribution in [2.24, 2.45) is 0 Å². The lowest BCUT2D eigenvalue weighted by molar-refractivity contribution is 0.103. The molecular weight excluding hydrogens is 420 g/mol. The monoisotopic (exact) mass is 444 g/mol. The van der Waals surface area contributed by atoms with Crippen molar-refractivity contribution in [3.63, 3.8) is 0 Å². The molecule has 1 saturated heterocycles. The van der Waals surface area contributed by atoms with Crippen molar-refractivity contribution < 1.29 is 18.7 Å². The van der Waals surface area contributed by atoms with Gasteiger partial charge in [-0.25, -0.2) is 9.78 Å². The largest absolute Gasteiger partial charge is 0.497 e. The number of ether oxygens (including phenoxy) is 2. The first-order chi connectivity index (χ1) is 15.1. The molecule has 0 radical (unpaired) electrons. The van der Waals surface area contributed by atoms with E-state index in [0.29, 0.717) is 37.8 Å². The molecule has 31 heavy (non-hydrogen) atoms. The minimum atomic E-state index is -0.321. The number of nitrogens with zero attached hydrogens (tertiary/aromatic N) is 4. The van der Waals surface area contributed by atoms with Crippen LogP contribution >= 0.6 is 11.3 Å². The van der Waals surface area contributed by atoms with E-state index in [1.807, 2.05) is 25.2 Å². The molecule has 2 N–H and O–H groups in total. The van der Waals surface area contributed by atoms with Crippen molar-refractivity contribution >= 4 is 39.7 Å². The predicted octanol–water partition coefficient (Wildman–Crippen LogP) is 2.44. The first-order valence-electron chi connectivity index (χ1n) is 10.0. The van der Waals surface area contributed by atoms with Crippen LogP contribution in [0.2, 0.25) is 0 Å². The molecule has 1 fully saturated rings. The Morgan fingerprint density at radius 1 is 1.32 bits per heavy atom. The fourth-order valence-electron chi connectivity index (χ4n) is 4.27. The molecule has 2 bridgehead atoms. The molecule has 2 atom stereocenters. The van der Waals surface area contributed by atoms with Gasteiger partial charge in [0.05, 0.1) is 43.5 Å². The van der Waals surface area contributed by atoms with Crippen LogP contribution in [-0.4, -0.2) is 68.0 Å². The van der Waals surface area contributed by atoms with Crippen LogP contribution in [0, 0.1) is 0 Å². The van der Waals surface area contributed by atoms with E-state index in [4.69, 9.17) is 23.9 Å². The summed E-state index contributed by atoms with van der Waals surface area (Å²) < 4.78 is 16.4. The molecule has 11 heteroatoms. The standard InChI is InChI=1S/C20H24N6O4S/c1-21-10-22-18-23-14-6-11-8-25(20(27)29-3)9-15(17(14)31-18)26(11)19-24-13-7-12(28-2)4-5-16(13)30-19/h4-5,7,11,15,21H,6,8-10H2,1-3H3,(H,22,23). The molecule has 2 aliphatic heterocycles. The van der Waals surface area contributed by atoms with E-state index < -0.39 is 0 Å². The van der Waals surface area contributed by atoms with Crippen LogP contribution in [0.3, 0.4) is 0 Å². The minimum Gasteiger partial charge on any atom is -0.497 e. The van der Waals surface area contributed by atoms with Crippen LogP contribution in [0.4, 0.5) is 15.9 Å². The number of anilines is 2. The Labute approximate surface area is 183 Å². The molecular formula is C20H24N6O4S. The maximum absolute atomic E-state index is 12.3. The van der Waals surface area contributed by atoms with Crippen LogP contribution in [0.1, 0.15) is 16.6 Å². The zero-order valence-electron chi connectivity index (χ0n) is 17.5. The molecule has 2 aliphatic rings. The second-order valence-electron chi connectivity index (χ2n) is 7.52. The molecule has 10 nitrogen and oxygen atoms in total. The lowest BCUT2D eigenvalue weighted by atomic mass is 9.94. The Hall–Kier alpha value is -3.05. The number of rotatable bonds is 5. The van der Waals surface area contributed by atoms with Gasteiger partial charge in [-0.1, -0.05) is 11.3 Å². The van der Waals surface area contributed by atoms with Gasteiger partial charge in [0.1, 0.15) is 11.3 Å². The first-order valence-corrected chi connectivity index (χ1v) is 10.9. The smallest absolute Gasteiger partial charge is 0.409 e. The highest BCUT2D eigenvalue weighted by Crippen LogP contribution is 2.44. The number of aromatic nitrogens is 2. The highest BCUT2D eigenvalue weighted by atomic mass is 32.1. The molecule has 2 unspecified atom stereocenters. The average Bonchev–Trinajstić information content (AvgIpc) is 3.39. The topological polar surface area (TPSA) is 105 Å². The zero-order chi connectivity index (χ0) is 21.5. The third-order valence-electron chi connectivity index (χ3n) is 5.67. The number of thiazole rings is 1. The molecule has 3 aromatic rings. The first kappa shape index (κ1) is 19.9. The van der Waals surface area contributed by atoms with Gasteiger partial charge in [-0.3, -0.25) is 0 Å². The SMILES string of the molecule is CNCNc1nc2c(s1)C1CN(C(=O)OC)CC(C2)N1c1nc2cc(OC)ccc2o1. The molecule has 5 rings (SSSR count). The summed E-state index contributed by atoms with van der Waals surface area (Å²) in [4.78, 5) is 26.9. The number of piperazine rings is 1. The van der Waals surface area contributed by atoms with Gasteiger partial charge in [0.2, 0.25) is 0 Å². The number of hydrogen-bond donors (Lipinski definition) is 2. The normalized spacial score (nSPS) is 20.0. The molecule has 4 heterocycles. The Bertz CT molecular complexity index is 1110. The van der Waals surface area contributed by atoms with Gasteiger partial charge in [0.25, 0.3) is 6.01 Å². The van der Waals surface area contributed by atoms with Gasteiger partial charge in [-0.2, -0.15) is 4.98 Å². The van der Waals surface area contributed by atoms with E-state index >= 15 is 0 Å². The summed E-state index contributed by atoms with van der Waals surface area (Å²) in [6.07, 6.45) is 0.373. The summed E-state index contributed by atoms with van der Waals surface area (Å²) in [6.45, 7) is 1.62.